The quantitative estimate of drug-likeness (QED) is 0.290. The lowest BCUT2D eigenvalue weighted by atomic mass is 10.0. The van der Waals surface area contributed by atoms with Gasteiger partial charge in [-0.1, -0.05) is 34.9 Å². The highest BCUT2D eigenvalue weighted by atomic mass is 16.6. The summed E-state index contributed by atoms with van der Waals surface area (Å²) in [5.74, 6) is 0.275. The van der Waals surface area contributed by atoms with E-state index in [0.29, 0.717) is 12.5 Å². The molecule has 2 nitrogen and oxygen atoms in total. The number of epoxide rings is 1. The molecule has 1 aliphatic heterocycles. The molecule has 0 aromatic carbocycles. The monoisotopic (exact) mass is 346 g/mol. The van der Waals surface area contributed by atoms with Crippen LogP contribution in [0.15, 0.2) is 34.9 Å². The Kier molecular flexibility index (Phi) is 9.42. The van der Waals surface area contributed by atoms with Crippen molar-refractivity contribution in [1.29, 1.82) is 0 Å². The summed E-state index contributed by atoms with van der Waals surface area (Å²) in [5.41, 5.74) is 4.49. The summed E-state index contributed by atoms with van der Waals surface area (Å²) < 4.78 is 5.64. The summed E-state index contributed by atoms with van der Waals surface area (Å²) in [7, 11) is 0. The highest BCUT2D eigenvalue weighted by Gasteiger charge is 2.46. The van der Waals surface area contributed by atoms with Crippen molar-refractivity contribution in [2.24, 2.45) is 0 Å². The summed E-state index contributed by atoms with van der Waals surface area (Å²) in [6.45, 7) is 12.6. The Hall–Kier alpha value is -1.15. The van der Waals surface area contributed by atoms with Gasteiger partial charge in [-0.3, -0.25) is 0 Å². The van der Waals surface area contributed by atoms with E-state index in [4.69, 9.17) is 4.74 Å². The van der Waals surface area contributed by atoms with Crippen LogP contribution in [0.1, 0.15) is 92.9 Å². The number of hydrogen-bond acceptors (Lipinski definition) is 2. The normalized spacial score (nSPS) is 20.7. The molecule has 1 saturated heterocycles. The first-order valence-corrected chi connectivity index (χ1v) is 9.85. The molecule has 0 radical (unpaired) electrons. The Morgan fingerprint density at radius 3 is 1.60 bits per heavy atom. The fraction of sp³-hybridized carbons (Fsp3) is 0.696. The van der Waals surface area contributed by atoms with Gasteiger partial charge < -0.3 is 9.53 Å². The highest BCUT2D eigenvalue weighted by Crippen LogP contribution is 2.38. The molecule has 0 N–H and O–H groups in total. The second-order valence-electron chi connectivity index (χ2n) is 8.22. The van der Waals surface area contributed by atoms with Gasteiger partial charge >= 0.3 is 0 Å². The molecule has 1 unspecified atom stereocenters. The number of hydrogen-bond donors (Lipinski definition) is 0. The van der Waals surface area contributed by atoms with Crippen molar-refractivity contribution in [3.63, 3.8) is 0 Å². The van der Waals surface area contributed by atoms with Crippen molar-refractivity contribution in [2.45, 2.75) is 105 Å². The molecular formula is C23H38O2. The molecule has 2 heteroatoms. The number of carbonyl (C=O) groups is 1. The van der Waals surface area contributed by atoms with Gasteiger partial charge in [0, 0.05) is 6.42 Å². The molecule has 0 aromatic heterocycles. The summed E-state index contributed by atoms with van der Waals surface area (Å²) in [5, 5.41) is 0. The van der Waals surface area contributed by atoms with Crippen LogP contribution in [0, 0.1) is 0 Å². The molecule has 1 heterocycles. The first kappa shape index (κ1) is 21.9. The van der Waals surface area contributed by atoms with Crippen molar-refractivity contribution in [1.82, 2.24) is 0 Å². The van der Waals surface area contributed by atoms with Crippen LogP contribution in [0.25, 0.3) is 0 Å². The lowest BCUT2D eigenvalue weighted by Gasteiger charge is -2.03. The van der Waals surface area contributed by atoms with E-state index in [1.807, 2.05) is 0 Å². The van der Waals surface area contributed by atoms with E-state index in [9.17, 15) is 4.79 Å². The lowest BCUT2D eigenvalue weighted by Crippen LogP contribution is -2.02. The zero-order valence-electron chi connectivity index (χ0n) is 17.3. The van der Waals surface area contributed by atoms with Gasteiger partial charge in [-0.15, -0.1) is 0 Å². The first-order chi connectivity index (χ1) is 11.7. The SMILES string of the molecule is CC(=O)CCC=C(C)CC/C=C(\C)CC/C=C(\C)CCC1OC1(C)C. The molecule has 1 atom stereocenters. The second kappa shape index (κ2) is 10.8. The van der Waals surface area contributed by atoms with E-state index in [1.165, 1.54) is 16.7 Å². The van der Waals surface area contributed by atoms with Crippen molar-refractivity contribution in [3.05, 3.63) is 34.9 Å². The van der Waals surface area contributed by atoms with Crippen LogP contribution >= 0.6 is 0 Å². The van der Waals surface area contributed by atoms with Gasteiger partial charge in [0.15, 0.2) is 0 Å². The zero-order chi connectivity index (χ0) is 18.9. The number of ketones is 1. The average Bonchev–Trinajstić information content (AvgIpc) is 3.12. The Labute approximate surface area is 155 Å². The maximum absolute atomic E-state index is 10.9. The molecule has 0 spiro atoms. The molecule has 25 heavy (non-hydrogen) atoms. The minimum atomic E-state index is 0.123. The fourth-order valence-corrected chi connectivity index (χ4v) is 3.02. The highest BCUT2D eigenvalue weighted by molar-refractivity contribution is 5.75. The number of rotatable bonds is 12. The van der Waals surface area contributed by atoms with Gasteiger partial charge in [0.1, 0.15) is 5.78 Å². The van der Waals surface area contributed by atoms with E-state index in [-0.39, 0.29) is 11.4 Å². The van der Waals surface area contributed by atoms with Crippen molar-refractivity contribution in [2.75, 3.05) is 0 Å². The maximum atomic E-state index is 10.9. The molecule has 0 amide bonds. The van der Waals surface area contributed by atoms with Crippen LogP contribution in [0.3, 0.4) is 0 Å². The third-order valence-electron chi connectivity index (χ3n) is 5.02. The number of allylic oxidation sites excluding steroid dienone is 6. The summed E-state index contributed by atoms with van der Waals surface area (Å²) in [6.07, 6.45) is 15.8. The van der Waals surface area contributed by atoms with E-state index in [1.54, 1.807) is 6.92 Å². The average molecular weight is 347 g/mol. The van der Waals surface area contributed by atoms with Crippen LogP contribution in [-0.2, 0) is 9.53 Å². The predicted octanol–water partition coefficient (Wildman–Crippen LogP) is 6.71. The molecule has 0 aromatic rings. The van der Waals surface area contributed by atoms with Crippen molar-refractivity contribution < 1.29 is 9.53 Å². The van der Waals surface area contributed by atoms with E-state index < -0.39 is 0 Å². The number of ether oxygens (including phenoxy) is 1. The zero-order valence-corrected chi connectivity index (χ0v) is 17.3. The summed E-state index contributed by atoms with van der Waals surface area (Å²) in [4.78, 5) is 10.9. The summed E-state index contributed by atoms with van der Waals surface area (Å²) >= 11 is 0. The molecular weight excluding hydrogens is 308 g/mol. The molecule has 0 bridgehead atoms. The Bertz CT molecular complexity index is 520. The van der Waals surface area contributed by atoms with Crippen molar-refractivity contribution in [3.8, 4) is 0 Å². The van der Waals surface area contributed by atoms with Crippen LogP contribution in [0.4, 0.5) is 0 Å². The first-order valence-electron chi connectivity index (χ1n) is 9.85. The lowest BCUT2D eigenvalue weighted by molar-refractivity contribution is -0.116. The Morgan fingerprint density at radius 2 is 1.20 bits per heavy atom. The topological polar surface area (TPSA) is 29.6 Å². The maximum Gasteiger partial charge on any atom is 0.130 e. The summed E-state index contributed by atoms with van der Waals surface area (Å²) in [6, 6.07) is 0. The number of Topliss-reactive ketones (excluding diaryl/α,β-unsaturated/α-hetero) is 1. The largest absolute Gasteiger partial charge is 0.367 e. The minimum absolute atomic E-state index is 0.123. The molecule has 0 saturated carbocycles. The van der Waals surface area contributed by atoms with Crippen LogP contribution in [0.5, 0.6) is 0 Å². The van der Waals surface area contributed by atoms with Crippen LogP contribution in [0.2, 0.25) is 0 Å². The predicted molar refractivity (Wildman–Crippen MR) is 108 cm³/mol. The van der Waals surface area contributed by atoms with Gasteiger partial charge in [-0.2, -0.15) is 0 Å². The number of carbonyl (C=O) groups excluding carboxylic acids is 1. The van der Waals surface area contributed by atoms with Gasteiger partial charge in [0.25, 0.3) is 0 Å². The van der Waals surface area contributed by atoms with Crippen molar-refractivity contribution >= 4 is 5.78 Å². The van der Waals surface area contributed by atoms with Gasteiger partial charge in [0.05, 0.1) is 11.7 Å². The van der Waals surface area contributed by atoms with Crippen LogP contribution < -0.4 is 0 Å². The molecule has 142 valence electrons. The molecule has 0 aliphatic carbocycles. The van der Waals surface area contributed by atoms with E-state index in [2.05, 4.69) is 52.8 Å². The third kappa shape index (κ3) is 10.4. The van der Waals surface area contributed by atoms with Gasteiger partial charge in [-0.05, 0) is 86.5 Å². The van der Waals surface area contributed by atoms with E-state index in [0.717, 1.165) is 44.9 Å². The third-order valence-corrected chi connectivity index (χ3v) is 5.02. The van der Waals surface area contributed by atoms with Gasteiger partial charge in [-0.25, -0.2) is 0 Å². The molecule has 1 fully saturated rings. The fourth-order valence-electron chi connectivity index (χ4n) is 3.02. The van der Waals surface area contributed by atoms with Gasteiger partial charge in [0.2, 0.25) is 0 Å². The second-order valence-corrected chi connectivity index (χ2v) is 8.22. The molecule has 1 aliphatic rings. The molecule has 1 rings (SSSR count). The van der Waals surface area contributed by atoms with E-state index >= 15 is 0 Å². The standard InChI is InChI=1S/C23H38O2/c1-18(10-7-11-19(2)14-9-15-21(4)24)12-8-13-20(3)16-17-22-23(5,6)25-22/h10,13-14,22H,7-9,11-12,15-17H2,1-6H3/b18-10+,19-14?,20-13+. The smallest absolute Gasteiger partial charge is 0.130 e. The Morgan fingerprint density at radius 1 is 0.800 bits per heavy atom. The minimum Gasteiger partial charge on any atom is -0.367 e. The Balaban J connectivity index is 2.15. The van der Waals surface area contributed by atoms with Crippen LogP contribution in [-0.4, -0.2) is 17.5 Å².